The Bertz CT molecular complexity index is 1440. The van der Waals surface area contributed by atoms with E-state index in [0.29, 0.717) is 30.0 Å². The van der Waals surface area contributed by atoms with E-state index in [2.05, 4.69) is 57.6 Å². The average molecular weight is 546 g/mol. The Kier molecular flexibility index (Phi) is 7.88. The summed E-state index contributed by atoms with van der Waals surface area (Å²) in [7, 11) is -3.82. The standard InChI is InChI=1S/C30H35N5O3S/c1-3-33(4-2)26-14-16-27(17-15-26)34-19-21-35(22-20-34)30(36)24-10-12-25(13-11-24)32-39(37,38)28-9-5-7-23-8-6-18-31-29(23)28/h5,7,9-18,32H,3-4,6,8,19-22H2,1-2H3. The number of hydrogen-bond donors (Lipinski definition) is 1. The van der Waals surface area contributed by atoms with Gasteiger partial charge in [-0.3, -0.25) is 14.5 Å². The lowest BCUT2D eigenvalue weighted by atomic mass is 10.1. The molecule has 0 aromatic heterocycles. The molecule has 5 rings (SSSR count). The van der Waals surface area contributed by atoms with Crippen LogP contribution in [0, 0.1) is 0 Å². The molecule has 2 aliphatic rings. The molecular weight excluding hydrogens is 510 g/mol. The Morgan fingerprint density at radius 1 is 0.923 bits per heavy atom. The second-order valence-electron chi connectivity index (χ2n) is 9.77. The van der Waals surface area contributed by atoms with Gasteiger partial charge >= 0.3 is 0 Å². The van der Waals surface area contributed by atoms with Crippen LogP contribution >= 0.6 is 0 Å². The summed E-state index contributed by atoms with van der Waals surface area (Å²) in [6.07, 6.45) is 3.33. The summed E-state index contributed by atoms with van der Waals surface area (Å²) in [5.74, 6) is -0.0487. The summed E-state index contributed by atoms with van der Waals surface area (Å²) in [6.45, 7) is 9.06. The van der Waals surface area contributed by atoms with Crippen molar-refractivity contribution in [1.29, 1.82) is 0 Å². The normalized spacial score (nSPS) is 15.1. The van der Waals surface area contributed by atoms with Crippen LogP contribution in [-0.4, -0.2) is 64.7 Å². The molecule has 2 aliphatic heterocycles. The Morgan fingerprint density at radius 2 is 1.62 bits per heavy atom. The number of fused-ring (bicyclic) bond motifs is 1. The first-order chi connectivity index (χ1) is 18.9. The van der Waals surface area contributed by atoms with E-state index in [1.54, 1.807) is 42.6 Å². The third-order valence-electron chi connectivity index (χ3n) is 7.43. The number of nitrogens with one attached hydrogen (secondary N) is 1. The first-order valence-electron chi connectivity index (χ1n) is 13.6. The van der Waals surface area contributed by atoms with Gasteiger partial charge in [0.25, 0.3) is 15.9 Å². The maximum absolute atomic E-state index is 13.2. The van der Waals surface area contributed by atoms with Gasteiger partial charge in [-0.2, -0.15) is 0 Å². The molecule has 204 valence electrons. The molecule has 0 radical (unpaired) electrons. The number of piperazine rings is 1. The van der Waals surface area contributed by atoms with Gasteiger partial charge in [0, 0.05) is 68.1 Å². The molecule has 1 amide bonds. The molecule has 0 aliphatic carbocycles. The molecule has 1 saturated heterocycles. The summed E-state index contributed by atoms with van der Waals surface area (Å²) in [4.78, 5) is 24.1. The SMILES string of the molecule is CCN(CC)c1ccc(N2CCN(C(=O)c3ccc(NS(=O)(=O)c4cccc5c4N=CCC5)cc3)CC2)cc1. The van der Waals surface area contributed by atoms with E-state index in [1.807, 2.05) is 11.0 Å². The zero-order chi connectivity index (χ0) is 27.4. The number of rotatable bonds is 8. The largest absolute Gasteiger partial charge is 0.372 e. The molecule has 0 spiro atoms. The van der Waals surface area contributed by atoms with Crippen molar-refractivity contribution in [3.63, 3.8) is 0 Å². The van der Waals surface area contributed by atoms with Crippen LogP contribution < -0.4 is 14.5 Å². The Balaban J connectivity index is 1.20. The number of carbonyl (C=O) groups is 1. The molecule has 1 N–H and O–H groups in total. The lowest BCUT2D eigenvalue weighted by Crippen LogP contribution is -2.48. The summed E-state index contributed by atoms with van der Waals surface area (Å²) in [5.41, 5.74) is 4.76. The average Bonchev–Trinajstić information content (AvgIpc) is 2.98. The Hall–Kier alpha value is -3.85. The molecule has 9 heteroatoms. The summed E-state index contributed by atoms with van der Waals surface area (Å²) in [6, 6.07) is 20.5. The third-order valence-corrected chi connectivity index (χ3v) is 8.84. The second-order valence-corrected chi connectivity index (χ2v) is 11.4. The fourth-order valence-electron chi connectivity index (χ4n) is 5.21. The molecule has 39 heavy (non-hydrogen) atoms. The second kappa shape index (κ2) is 11.5. The molecule has 0 atom stereocenters. The minimum absolute atomic E-state index is 0.0487. The quantitative estimate of drug-likeness (QED) is 0.433. The van der Waals surface area contributed by atoms with Crippen LogP contribution in [0.5, 0.6) is 0 Å². The fraction of sp³-hybridized carbons (Fsp3) is 0.333. The van der Waals surface area contributed by atoms with Crippen LogP contribution in [0.25, 0.3) is 0 Å². The van der Waals surface area contributed by atoms with Gasteiger partial charge in [0.1, 0.15) is 4.90 Å². The lowest BCUT2D eigenvalue weighted by molar-refractivity contribution is 0.0747. The Morgan fingerprint density at radius 3 is 2.28 bits per heavy atom. The lowest BCUT2D eigenvalue weighted by Gasteiger charge is -2.36. The first-order valence-corrected chi connectivity index (χ1v) is 15.0. The van der Waals surface area contributed by atoms with Crippen LogP contribution in [0.3, 0.4) is 0 Å². The summed E-state index contributed by atoms with van der Waals surface area (Å²) < 4.78 is 28.8. The van der Waals surface area contributed by atoms with Gasteiger partial charge in [-0.1, -0.05) is 12.1 Å². The topological polar surface area (TPSA) is 85.3 Å². The fourth-order valence-corrected chi connectivity index (χ4v) is 6.47. The molecule has 8 nitrogen and oxygen atoms in total. The maximum Gasteiger partial charge on any atom is 0.264 e. The maximum atomic E-state index is 13.2. The smallest absolute Gasteiger partial charge is 0.264 e. The minimum atomic E-state index is -3.82. The van der Waals surface area contributed by atoms with Gasteiger partial charge in [-0.15, -0.1) is 0 Å². The van der Waals surface area contributed by atoms with Gasteiger partial charge in [0.05, 0.1) is 5.69 Å². The number of hydrogen-bond acceptors (Lipinski definition) is 6. The predicted molar refractivity (Wildman–Crippen MR) is 158 cm³/mol. The zero-order valence-electron chi connectivity index (χ0n) is 22.5. The number of para-hydroxylation sites is 1. The summed E-state index contributed by atoms with van der Waals surface area (Å²) in [5, 5.41) is 0. The molecule has 3 aromatic carbocycles. The van der Waals surface area contributed by atoms with Gasteiger partial charge in [-0.05, 0) is 86.8 Å². The van der Waals surface area contributed by atoms with Crippen molar-refractivity contribution in [2.24, 2.45) is 4.99 Å². The number of carbonyl (C=O) groups excluding carboxylic acids is 1. The number of sulfonamides is 1. The van der Waals surface area contributed by atoms with E-state index in [-0.39, 0.29) is 10.8 Å². The third kappa shape index (κ3) is 5.78. The van der Waals surface area contributed by atoms with Gasteiger partial charge in [0.15, 0.2) is 0 Å². The molecule has 0 unspecified atom stereocenters. The molecule has 2 heterocycles. The molecule has 1 fully saturated rings. The van der Waals surface area contributed by atoms with E-state index in [4.69, 9.17) is 0 Å². The van der Waals surface area contributed by atoms with Crippen LogP contribution in [0.1, 0.15) is 36.2 Å². The monoisotopic (exact) mass is 545 g/mol. The molecule has 0 saturated carbocycles. The number of nitrogens with zero attached hydrogens (tertiary/aromatic N) is 4. The zero-order valence-corrected chi connectivity index (χ0v) is 23.3. The minimum Gasteiger partial charge on any atom is -0.372 e. The highest BCUT2D eigenvalue weighted by Crippen LogP contribution is 2.32. The van der Waals surface area contributed by atoms with Crippen molar-refractivity contribution in [3.05, 3.63) is 77.9 Å². The van der Waals surface area contributed by atoms with Crippen molar-refractivity contribution in [2.45, 2.75) is 31.6 Å². The number of aliphatic imine (C=N–C) groups is 1. The van der Waals surface area contributed by atoms with E-state index < -0.39 is 10.0 Å². The van der Waals surface area contributed by atoms with Gasteiger partial charge < -0.3 is 14.7 Å². The summed E-state index contributed by atoms with van der Waals surface area (Å²) >= 11 is 0. The van der Waals surface area contributed by atoms with E-state index in [0.717, 1.165) is 44.6 Å². The van der Waals surface area contributed by atoms with Crippen molar-refractivity contribution < 1.29 is 13.2 Å². The van der Waals surface area contributed by atoms with Crippen LogP contribution in [0.2, 0.25) is 0 Å². The van der Waals surface area contributed by atoms with Gasteiger partial charge in [0.2, 0.25) is 0 Å². The van der Waals surface area contributed by atoms with Crippen molar-refractivity contribution >= 4 is 44.9 Å². The number of aryl methyl sites for hydroxylation is 1. The Labute approximate surface area is 231 Å². The predicted octanol–water partition coefficient (Wildman–Crippen LogP) is 4.94. The van der Waals surface area contributed by atoms with Crippen molar-refractivity contribution in [3.8, 4) is 0 Å². The molecule has 3 aromatic rings. The first kappa shape index (κ1) is 26.7. The highest BCUT2D eigenvalue weighted by atomic mass is 32.2. The molecule has 0 bridgehead atoms. The number of anilines is 3. The van der Waals surface area contributed by atoms with E-state index >= 15 is 0 Å². The highest BCUT2D eigenvalue weighted by molar-refractivity contribution is 7.92. The van der Waals surface area contributed by atoms with E-state index in [9.17, 15) is 13.2 Å². The van der Waals surface area contributed by atoms with Gasteiger partial charge in [-0.25, -0.2) is 8.42 Å². The number of amides is 1. The van der Waals surface area contributed by atoms with Crippen LogP contribution in [0.4, 0.5) is 22.7 Å². The molecular formula is C30H35N5O3S. The highest BCUT2D eigenvalue weighted by Gasteiger charge is 2.24. The number of benzene rings is 3. The van der Waals surface area contributed by atoms with Crippen molar-refractivity contribution in [2.75, 3.05) is 53.8 Å². The van der Waals surface area contributed by atoms with Crippen molar-refractivity contribution in [1.82, 2.24) is 4.90 Å². The van der Waals surface area contributed by atoms with E-state index in [1.165, 1.54) is 11.4 Å². The van der Waals surface area contributed by atoms with Crippen LogP contribution in [-0.2, 0) is 16.4 Å². The van der Waals surface area contributed by atoms with Crippen LogP contribution in [0.15, 0.2) is 76.6 Å².